The fourth-order valence-electron chi connectivity index (χ4n) is 2.92. The van der Waals surface area contributed by atoms with Gasteiger partial charge in [-0.1, -0.05) is 0 Å². The maximum absolute atomic E-state index is 12.2. The van der Waals surface area contributed by atoms with E-state index in [9.17, 15) is 14.4 Å². The molecule has 8 heteroatoms. The monoisotopic (exact) mass is 361 g/mol. The molecule has 0 aromatic heterocycles. The number of esters is 1. The standard InChI is InChI=1S/C18H23N3O5/c1-12(26-18(24)15-6-7-16(22)20-15)17(23)19-13-2-4-14(5-3-13)21-8-10-25-11-9-21/h2-5,12,15H,6-11H2,1H3,(H,19,23)(H,20,22)/t12-,15-/m1/s1. The molecule has 8 nitrogen and oxygen atoms in total. The first-order chi connectivity index (χ1) is 12.5. The number of amides is 2. The number of nitrogens with one attached hydrogen (secondary N) is 2. The summed E-state index contributed by atoms with van der Waals surface area (Å²) >= 11 is 0. The number of ether oxygens (including phenoxy) is 2. The Morgan fingerprint density at radius 3 is 2.58 bits per heavy atom. The van der Waals surface area contributed by atoms with Gasteiger partial charge in [-0.25, -0.2) is 4.79 Å². The van der Waals surface area contributed by atoms with Gasteiger partial charge in [-0.2, -0.15) is 0 Å². The van der Waals surface area contributed by atoms with Crippen LogP contribution in [0.2, 0.25) is 0 Å². The van der Waals surface area contributed by atoms with E-state index in [1.807, 2.05) is 24.3 Å². The van der Waals surface area contributed by atoms with Gasteiger partial charge in [0.25, 0.3) is 5.91 Å². The van der Waals surface area contributed by atoms with Crippen molar-refractivity contribution in [3.05, 3.63) is 24.3 Å². The summed E-state index contributed by atoms with van der Waals surface area (Å²) in [5, 5.41) is 5.26. The first-order valence-electron chi connectivity index (χ1n) is 8.76. The van der Waals surface area contributed by atoms with Crippen molar-refractivity contribution in [3.63, 3.8) is 0 Å². The SMILES string of the molecule is C[C@@H](OC(=O)[C@H]1CCC(=O)N1)C(=O)Nc1ccc(N2CCOCC2)cc1. The van der Waals surface area contributed by atoms with E-state index in [0.717, 1.165) is 18.8 Å². The van der Waals surface area contributed by atoms with Crippen LogP contribution in [0.15, 0.2) is 24.3 Å². The highest BCUT2D eigenvalue weighted by molar-refractivity contribution is 5.96. The number of rotatable bonds is 5. The minimum Gasteiger partial charge on any atom is -0.451 e. The molecular formula is C18H23N3O5. The summed E-state index contributed by atoms with van der Waals surface area (Å²) in [7, 11) is 0. The molecule has 2 saturated heterocycles. The summed E-state index contributed by atoms with van der Waals surface area (Å²) in [4.78, 5) is 37.5. The lowest BCUT2D eigenvalue weighted by Gasteiger charge is -2.29. The number of benzene rings is 1. The van der Waals surface area contributed by atoms with Gasteiger partial charge in [-0.15, -0.1) is 0 Å². The summed E-state index contributed by atoms with van der Waals surface area (Å²) in [5.41, 5.74) is 1.70. The van der Waals surface area contributed by atoms with E-state index in [1.54, 1.807) is 0 Å². The van der Waals surface area contributed by atoms with Crippen molar-refractivity contribution >= 4 is 29.2 Å². The number of nitrogens with zero attached hydrogens (tertiary/aromatic N) is 1. The van der Waals surface area contributed by atoms with Crippen molar-refractivity contribution in [2.45, 2.75) is 31.9 Å². The Morgan fingerprint density at radius 1 is 1.27 bits per heavy atom. The molecule has 1 aromatic rings. The van der Waals surface area contributed by atoms with Crippen molar-refractivity contribution in [1.29, 1.82) is 0 Å². The Morgan fingerprint density at radius 2 is 1.96 bits per heavy atom. The summed E-state index contributed by atoms with van der Waals surface area (Å²) < 4.78 is 10.5. The van der Waals surface area contributed by atoms with Crippen molar-refractivity contribution in [1.82, 2.24) is 5.32 Å². The molecule has 0 saturated carbocycles. The number of hydrogen-bond donors (Lipinski definition) is 2. The van der Waals surface area contributed by atoms with Crippen LogP contribution >= 0.6 is 0 Å². The van der Waals surface area contributed by atoms with Gasteiger partial charge in [0.15, 0.2) is 6.10 Å². The van der Waals surface area contributed by atoms with Crippen LogP contribution in [0.1, 0.15) is 19.8 Å². The second kappa shape index (κ2) is 8.18. The molecule has 0 aliphatic carbocycles. The van der Waals surface area contributed by atoms with Crippen LogP contribution < -0.4 is 15.5 Å². The van der Waals surface area contributed by atoms with Crippen LogP contribution in [-0.2, 0) is 23.9 Å². The van der Waals surface area contributed by atoms with E-state index in [4.69, 9.17) is 9.47 Å². The molecule has 2 amide bonds. The topological polar surface area (TPSA) is 97.0 Å². The van der Waals surface area contributed by atoms with Gasteiger partial charge in [0.05, 0.1) is 13.2 Å². The molecule has 0 radical (unpaired) electrons. The zero-order valence-corrected chi connectivity index (χ0v) is 14.7. The molecule has 0 bridgehead atoms. The predicted molar refractivity (Wildman–Crippen MR) is 94.8 cm³/mol. The summed E-state index contributed by atoms with van der Waals surface area (Å²) in [6.07, 6.45) is -0.246. The molecular weight excluding hydrogens is 338 g/mol. The van der Waals surface area contributed by atoms with E-state index in [-0.39, 0.29) is 5.91 Å². The molecule has 26 heavy (non-hydrogen) atoms. The van der Waals surface area contributed by atoms with E-state index in [0.29, 0.717) is 31.7 Å². The second-order valence-electron chi connectivity index (χ2n) is 6.37. The number of carbonyl (C=O) groups excluding carboxylic acids is 3. The molecule has 140 valence electrons. The number of anilines is 2. The molecule has 2 atom stereocenters. The third-order valence-electron chi connectivity index (χ3n) is 4.45. The van der Waals surface area contributed by atoms with E-state index in [2.05, 4.69) is 15.5 Å². The van der Waals surface area contributed by atoms with E-state index >= 15 is 0 Å². The lowest BCUT2D eigenvalue weighted by molar-refractivity contribution is -0.155. The third kappa shape index (κ3) is 4.51. The molecule has 2 aliphatic heterocycles. The van der Waals surface area contributed by atoms with Crippen molar-refractivity contribution in [3.8, 4) is 0 Å². The lowest BCUT2D eigenvalue weighted by atomic mass is 10.2. The highest BCUT2D eigenvalue weighted by Gasteiger charge is 2.30. The van der Waals surface area contributed by atoms with Gasteiger partial charge >= 0.3 is 5.97 Å². The largest absolute Gasteiger partial charge is 0.451 e. The maximum atomic E-state index is 12.2. The zero-order valence-electron chi connectivity index (χ0n) is 14.7. The van der Waals surface area contributed by atoms with Crippen LogP contribution in [-0.4, -0.2) is 56.2 Å². The summed E-state index contributed by atoms with van der Waals surface area (Å²) in [6.45, 7) is 4.62. The predicted octanol–water partition coefficient (Wildman–Crippen LogP) is 0.672. The summed E-state index contributed by atoms with van der Waals surface area (Å²) in [5.74, 6) is -1.17. The highest BCUT2D eigenvalue weighted by atomic mass is 16.5. The summed E-state index contributed by atoms with van der Waals surface area (Å²) in [6, 6.07) is 6.84. The van der Waals surface area contributed by atoms with Crippen molar-refractivity contribution in [2.75, 3.05) is 36.5 Å². The van der Waals surface area contributed by atoms with Gasteiger partial charge in [-0.05, 0) is 37.6 Å². The van der Waals surface area contributed by atoms with Gasteiger partial charge in [-0.3, -0.25) is 9.59 Å². The highest BCUT2D eigenvalue weighted by Crippen LogP contribution is 2.19. The lowest BCUT2D eigenvalue weighted by Crippen LogP contribution is -2.39. The Kier molecular flexibility index (Phi) is 5.72. The first-order valence-corrected chi connectivity index (χ1v) is 8.76. The molecule has 3 rings (SSSR count). The quantitative estimate of drug-likeness (QED) is 0.749. The molecule has 2 aliphatic rings. The Hall–Kier alpha value is -2.61. The first kappa shape index (κ1) is 18.2. The zero-order chi connectivity index (χ0) is 18.5. The molecule has 2 fully saturated rings. The van der Waals surface area contributed by atoms with Gasteiger partial charge in [0.1, 0.15) is 6.04 Å². The molecule has 2 N–H and O–H groups in total. The van der Waals surface area contributed by atoms with Crippen LogP contribution in [0.25, 0.3) is 0 Å². The minimum absolute atomic E-state index is 0.176. The van der Waals surface area contributed by atoms with Gasteiger partial charge in [0, 0.05) is 30.9 Å². The smallest absolute Gasteiger partial charge is 0.329 e. The van der Waals surface area contributed by atoms with Gasteiger partial charge in [0.2, 0.25) is 5.91 Å². The molecule has 0 unspecified atom stereocenters. The van der Waals surface area contributed by atoms with Crippen LogP contribution in [0.5, 0.6) is 0 Å². The number of hydrogen-bond acceptors (Lipinski definition) is 6. The van der Waals surface area contributed by atoms with Crippen LogP contribution in [0.4, 0.5) is 11.4 Å². The molecule has 0 spiro atoms. The minimum atomic E-state index is -0.945. The number of morpholine rings is 1. The normalized spacial score (nSPS) is 21.0. The van der Waals surface area contributed by atoms with Gasteiger partial charge < -0.3 is 25.0 Å². The van der Waals surface area contributed by atoms with E-state index < -0.39 is 24.0 Å². The third-order valence-corrected chi connectivity index (χ3v) is 4.45. The average Bonchev–Trinajstić information content (AvgIpc) is 3.09. The fourth-order valence-corrected chi connectivity index (χ4v) is 2.92. The van der Waals surface area contributed by atoms with E-state index in [1.165, 1.54) is 6.92 Å². The van der Waals surface area contributed by atoms with Crippen molar-refractivity contribution < 1.29 is 23.9 Å². The Balaban J connectivity index is 1.50. The van der Waals surface area contributed by atoms with Crippen LogP contribution in [0, 0.1) is 0 Å². The molecule has 2 heterocycles. The second-order valence-corrected chi connectivity index (χ2v) is 6.37. The Labute approximate surface area is 151 Å². The molecule has 1 aromatic carbocycles. The fraction of sp³-hybridized carbons (Fsp3) is 0.500. The Bertz CT molecular complexity index is 670. The number of carbonyl (C=O) groups is 3. The average molecular weight is 361 g/mol. The van der Waals surface area contributed by atoms with Crippen LogP contribution in [0.3, 0.4) is 0 Å². The maximum Gasteiger partial charge on any atom is 0.329 e. The van der Waals surface area contributed by atoms with Crippen molar-refractivity contribution in [2.24, 2.45) is 0 Å².